The van der Waals surface area contributed by atoms with Crippen LogP contribution in [0.4, 0.5) is 0 Å². The second-order valence-electron chi connectivity index (χ2n) is 8.04. The normalized spacial score (nSPS) is 20.0. The van der Waals surface area contributed by atoms with Gasteiger partial charge in [-0.1, -0.05) is 23.7 Å². The standard InChI is InChI=1S/C23H31ClN4O2.HI/c24-21-5-3-19(4-6-21)17-27-10-12-28(13-11-27)23(26-16-20-8-15-29-18-20)25-9-7-22-2-1-14-30-22;/h1-6,14,20H,7-13,15-18H2,(H,25,26);1H. The van der Waals surface area contributed by atoms with Crippen LogP contribution in [-0.4, -0.2) is 68.2 Å². The molecule has 8 heteroatoms. The number of aliphatic imine (C=N–C) groups is 1. The zero-order valence-electron chi connectivity index (χ0n) is 17.8. The number of guanidine groups is 1. The molecule has 1 atom stereocenters. The summed E-state index contributed by atoms with van der Waals surface area (Å²) < 4.78 is 11.0. The molecule has 1 unspecified atom stereocenters. The fraction of sp³-hybridized carbons (Fsp3) is 0.522. The first-order chi connectivity index (χ1) is 14.8. The molecule has 4 rings (SSSR count). The van der Waals surface area contributed by atoms with Crippen molar-refractivity contribution < 1.29 is 9.15 Å². The Labute approximate surface area is 207 Å². The van der Waals surface area contributed by atoms with Crippen molar-refractivity contribution in [1.82, 2.24) is 15.1 Å². The predicted octanol–water partition coefficient (Wildman–Crippen LogP) is 3.89. The van der Waals surface area contributed by atoms with Gasteiger partial charge in [0.15, 0.2) is 5.96 Å². The molecule has 3 heterocycles. The maximum atomic E-state index is 6.01. The fourth-order valence-electron chi connectivity index (χ4n) is 3.93. The second-order valence-corrected chi connectivity index (χ2v) is 8.48. The zero-order valence-corrected chi connectivity index (χ0v) is 20.9. The molecule has 0 bridgehead atoms. The van der Waals surface area contributed by atoms with Crippen molar-refractivity contribution in [2.24, 2.45) is 10.9 Å². The first kappa shape index (κ1) is 24.4. The number of nitrogens with zero attached hydrogens (tertiary/aromatic N) is 3. The molecule has 1 aromatic carbocycles. The Kier molecular flexibility index (Phi) is 9.95. The quantitative estimate of drug-likeness (QED) is 0.318. The Morgan fingerprint density at radius 1 is 1.13 bits per heavy atom. The van der Waals surface area contributed by atoms with Gasteiger partial charge in [-0.15, -0.1) is 24.0 Å². The molecule has 0 aliphatic carbocycles. The third kappa shape index (κ3) is 7.66. The summed E-state index contributed by atoms with van der Waals surface area (Å²) in [4.78, 5) is 9.83. The molecule has 2 aliphatic heterocycles. The van der Waals surface area contributed by atoms with Gasteiger partial charge in [-0.25, -0.2) is 0 Å². The molecule has 31 heavy (non-hydrogen) atoms. The van der Waals surface area contributed by atoms with Crippen LogP contribution in [-0.2, 0) is 17.7 Å². The molecule has 1 aromatic heterocycles. The summed E-state index contributed by atoms with van der Waals surface area (Å²) in [6, 6.07) is 12.1. The van der Waals surface area contributed by atoms with E-state index in [2.05, 4.69) is 27.2 Å². The lowest BCUT2D eigenvalue weighted by molar-refractivity contribution is 0.172. The summed E-state index contributed by atoms with van der Waals surface area (Å²) in [6.45, 7) is 8.29. The van der Waals surface area contributed by atoms with Crippen LogP contribution in [0.1, 0.15) is 17.7 Å². The van der Waals surface area contributed by atoms with E-state index in [4.69, 9.17) is 25.7 Å². The van der Waals surface area contributed by atoms with Gasteiger partial charge < -0.3 is 19.4 Å². The highest BCUT2D eigenvalue weighted by Crippen LogP contribution is 2.15. The summed E-state index contributed by atoms with van der Waals surface area (Å²) in [7, 11) is 0. The lowest BCUT2D eigenvalue weighted by atomic mass is 10.1. The van der Waals surface area contributed by atoms with Crippen LogP contribution in [0.5, 0.6) is 0 Å². The molecule has 2 aliphatic rings. The highest BCUT2D eigenvalue weighted by molar-refractivity contribution is 14.0. The molecule has 0 saturated carbocycles. The van der Waals surface area contributed by atoms with Crippen molar-refractivity contribution in [3.05, 3.63) is 59.0 Å². The second kappa shape index (κ2) is 12.7. The molecule has 2 saturated heterocycles. The number of rotatable bonds is 7. The molecule has 170 valence electrons. The maximum Gasteiger partial charge on any atom is 0.194 e. The van der Waals surface area contributed by atoms with E-state index in [1.807, 2.05) is 24.3 Å². The summed E-state index contributed by atoms with van der Waals surface area (Å²) in [5.41, 5.74) is 1.31. The summed E-state index contributed by atoms with van der Waals surface area (Å²) in [6.07, 6.45) is 3.69. The minimum absolute atomic E-state index is 0. The Morgan fingerprint density at radius 2 is 1.94 bits per heavy atom. The van der Waals surface area contributed by atoms with E-state index in [-0.39, 0.29) is 24.0 Å². The van der Waals surface area contributed by atoms with Crippen molar-refractivity contribution in [2.75, 3.05) is 52.5 Å². The monoisotopic (exact) mass is 558 g/mol. The number of hydrogen-bond donors (Lipinski definition) is 1. The van der Waals surface area contributed by atoms with Gasteiger partial charge in [-0.3, -0.25) is 9.89 Å². The largest absolute Gasteiger partial charge is 0.469 e. The molecular weight excluding hydrogens is 527 g/mol. The van der Waals surface area contributed by atoms with Gasteiger partial charge in [0, 0.05) is 69.8 Å². The van der Waals surface area contributed by atoms with Gasteiger partial charge in [0.2, 0.25) is 0 Å². The molecule has 0 radical (unpaired) electrons. The minimum Gasteiger partial charge on any atom is -0.469 e. The van der Waals surface area contributed by atoms with Gasteiger partial charge in [-0.05, 0) is 36.2 Å². The van der Waals surface area contributed by atoms with E-state index in [9.17, 15) is 0 Å². The number of benzene rings is 1. The van der Waals surface area contributed by atoms with E-state index in [1.165, 1.54) is 5.56 Å². The molecule has 6 nitrogen and oxygen atoms in total. The average molecular weight is 559 g/mol. The third-order valence-corrected chi connectivity index (χ3v) is 6.00. The first-order valence-electron chi connectivity index (χ1n) is 10.9. The van der Waals surface area contributed by atoms with Crippen molar-refractivity contribution >= 4 is 41.5 Å². The van der Waals surface area contributed by atoms with Gasteiger partial charge in [0.1, 0.15) is 5.76 Å². The van der Waals surface area contributed by atoms with Crippen molar-refractivity contribution in [1.29, 1.82) is 0 Å². The van der Waals surface area contributed by atoms with E-state index >= 15 is 0 Å². The van der Waals surface area contributed by atoms with Crippen molar-refractivity contribution in [2.45, 2.75) is 19.4 Å². The summed E-state index contributed by atoms with van der Waals surface area (Å²) in [5.74, 6) is 2.55. The maximum absolute atomic E-state index is 6.01. The number of ether oxygens (including phenoxy) is 1. The van der Waals surface area contributed by atoms with Gasteiger partial charge in [0.25, 0.3) is 0 Å². The highest BCUT2D eigenvalue weighted by atomic mass is 127. The van der Waals surface area contributed by atoms with E-state index in [0.717, 1.165) is 88.6 Å². The highest BCUT2D eigenvalue weighted by Gasteiger charge is 2.21. The molecule has 1 N–H and O–H groups in total. The summed E-state index contributed by atoms with van der Waals surface area (Å²) >= 11 is 6.01. The van der Waals surface area contributed by atoms with Crippen LogP contribution in [0.15, 0.2) is 52.1 Å². The number of furan rings is 1. The Bertz CT molecular complexity index is 786. The minimum atomic E-state index is 0. The van der Waals surface area contributed by atoms with Crippen molar-refractivity contribution in [3.8, 4) is 0 Å². The molecule has 0 spiro atoms. The molecule has 0 amide bonds. The van der Waals surface area contributed by atoms with Crippen LogP contribution in [0.25, 0.3) is 0 Å². The van der Waals surface area contributed by atoms with Crippen LogP contribution >= 0.6 is 35.6 Å². The molecular formula is C23H32ClIN4O2. The number of hydrogen-bond acceptors (Lipinski definition) is 4. The van der Waals surface area contributed by atoms with Crippen LogP contribution in [0, 0.1) is 5.92 Å². The fourth-order valence-corrected chi connectivity index (χ4v) is 4.05. The molecule has 2 aromatic rings. The lowest BCUT2D eigenvalue weighted by Crippen LogP contribution is -2.52. The number of nitrogens with one attached hydrogen (secondary N) is 1. The van der Waals surface area contributed by atoms with E-state index in [1.54, 1.807) is 6.26 Å². The predicted molar refractivity (Wildman–Crippen MR) is 135 cm³/mol. The average Bonchev–Trinajstić information content (AvgIpc) is 3.47. The van der Waals surface area contributed by atoms with Crippen LogP contribution < -0.4 is 5.32 Å². The Hall–Kier alpha value is -1.29. The Balaban J connectivity index is 0.00000272. The molecule has 2 fully saturated rings. The first-order valence-corrected chi connectivity index (χ1v) is 11.2. The van der Waals surface area contributed by atoms with E-state index in [0.29, 0.717) is 5.92 Å². The topological polar surface area (TPSA) is 53.2 Å². The van der Waals surface area contributed by atoms with Crippen LogP contribution in [0.2, 0.25) is 5.02 Å². The zero-order chi connectivity index (χ0) is 20.6. The van der Waals surface area contributed by atoms with Crippen LogP contribution in [0.3, 0.4) is 0 Å². The van der Waals surface area contributed by atoms with E-state index < -0.39 is 0 Å². The van der Waals surface area contributed by atoms with Gasteiger partial charge in [-0.2, -0.15) is 0 Å². The summed E-state index contributed by atoms with van der Waals surface area (Å²) in [5, 5.41) is 4.35. The van der Waals surface area contributed by atoms with Gasteiger partial charge in [0.05, 0.1) is 12.9 Å². The lowest BCUT2D eigenvalue weighted by Gasteiger charge is -2.36. The third-order valence-electron chi connectivity index (χ3n) is 5.75. The smallest absolute Gasteiger partial charge is 0.194 e. The SMILES string of the molecule is Clc1ccc(CN2CCN(C(=NCC3CCOC3)NCCc3ccco3)CC2)cc1.I. The van der Waals surface area contributed by atoms with Crippen molar-refractivity contribution in [3.63, 3.8) is 0 Å². The number of piperazine rings is 1. The Morgan fingerprint density at radius 3 is 2.61 bits per heavy atom. The number of halogens is 2. The van der Waals surface area contributed by atoms with Gasteiger partial charge >= 0.3 is 0 Å².